The molecule has 3 aromatic rings. The molecule has 35 heavy (non-hydrogen) atoms. The Morgan fingerprint density at radius 1 is 0.886 bits per heavy atom. The SMILES string of the molecule is CCOC(=O)C=Cc1ccc(NCCCCCCCCCCC=Cc2c[nH]c3ccccc23)cc1. The molecule has 0 saturated heterocycles. The molecule has 0 spiro atoms. The van der Waals surface area contributed by atoms with Crippen molar-refractivity contribution in [3.63, 3.8) is 0 Å². The van der Waals surface area contributed by atoms with Crippen molar-refractivity contribution in [3.05, 3.63) is 78.0 Å². The molecule has 3 rings (SSSR count). The predicted molar refractivity (Wildman–Crippen MR) is 149 cm³/mol. The van der Waals surface area contributed by atoms with Gasteiger partial charge in [0.05, 0.1) is 6.61 Å². The lowest BCUT2D eigenvalue weighted by Crippen LogP contribution is -2.01. The van der Waals surface area contributed by atoms with Gasteiger partial charge in [-0.05, 0) is 61.6 Å². The molecular formula is C31H40N2O2. The van der Waals surface area contributed by atoms with Crippen molar-refractivity contribution in [3.8, 4) is 0 Å². The summed E-state index contributed by atoms with van der Waals surface area (Å²) in [5, 5.41) is 4.79. The van der Waals surface area contributed by atoms with Crippen molar-refractivity contribution in [1.82, 2.24) is 4.98 Å². The molecule has 2 N–H and O–H groups in total. The van der Waals surface area contributed by atoms with Gasteiger partial charge >= 0.3 is 5.97 Å². The van der Waals surface area contributed by atoms with Gasteiger partial charge in [-0.2, -0.15) is 0 Å². The highest BCUT2D eigenvalue weighted by Gasteiger charge is 1.99. The Morgan fingerprint density at radius 2 is 1.60 bits per heavy atom. The lowest BCUT2D eigenvalue weighted by molar-refractivity contribution is -0.137. The first-order valence-corrected chi connectivity index (χ1v) is 13.2. The molecule has 0 fully saturated rings. The zero-order valence-corrected chi connectivity index (χ0v) is 21.1. The fraction of sp³-hybridized carbons (Fsp3) is 0.387. The lowest BCUT2D eigenvalue weighted by Gasteiger charge is -2.07. The second kappa shape index (κ2) is 15.6. The Labute approximate surface area is 210 Å². The average molecular weight is 473 g/mol. The van der Waals surface area contributed by atoms with E-state index in [2.05, 4.69) is 65.0 Å². The first-order valence-electron chi connectivity index (χ1n) is 13.2. The van der Waals surface area contributed by atoms with Gasteiger partial charge in [0.25, 0.3) is 0 Å². The Hall–Kier alpha value is -3.27. The van der Waals surface area contributed by atoms with Crippen LogP contribution in [0.3, 0.4) is 0 Å². The van der Waals surface area contributed by atoms with Gasteiger partial charge in [-0.25, -0.2) is 4.79 Å². The number of carbonyl (C=O) groups excluding carboxylic acids is 1. The van der Waals surface area contributed by atoms with Crippen LogP contribution in [0.25, 0.3) is 23.1 Å². The smallest absolute Gasteiger partial charge is 0.330 e. The largest absolute Gasteiger partial charge is 0.463 e. The van der Waals surface area contributed by atoms with Crippen molar-refractivity contribution in [2.24, 2.45) is 0 Å². The van der Waals surface area contributed by atoms with Crippen molar-refractivity contribution >= 4 is 34.7 Å². The number of nitrogens with one attached hydrogen (secondary N) is 2. The molecule has 0 aliphatic carbocycles. The number of ether oxygens (including phenoxy) is 1. The summed E-state index contributed by atoms with van der Waals surface area (Å²) in [6.07, 6.45) is 21.5. The number of hydrogen-bond donors (Lipinski definition) is 2. The number of hydrogen-bond acceptors (Lipinski definition) is 3. The summed E-state index contributed by atoms with van der Waals surface area (Å²) < 4.78 is 4.89. The third-order valence-corrected chi connectivity index (χ3v) is 6.15. The van der Waals surface area contributed by atoms with Crippen LogP contribution < -0.4 is 5.32 Å². The summed E-state index contributed by atoms with van der Waals surface area (Å²) in [7, 11) is 0. The molecule has 186 valence electrons. The highest BCUT2D eigenvalue weighted by atomic mass is 16.5. The van der Waals surface area contributed by atoms with Crippen LogP contribution in [0.5, 0.6) is 0 Å². The third kappa shape index (κ3) is 9.86. The summed E-state index contributed by atoms with van der Waals surface area (Å²) in [5.74, 6) is -0.302. The van der Waals surface area contributed by atoms with E-state index in [-0.39, 0.29) is 5.97 Å². The quantitative estimate of drug-likeness (QED) is 0.125. The number of anilines is 1. The van der Waals surface area contributed by atoms with E-state index in [1.165, 1.54) is 73.9 Å². The number of rotatable bonds is 16. The van der Waals surface area contributed by atoms with Crippen molar-refractivity contribution < 1.29 is 9.53 Å². The topological polar surface area (TPSA) is 54.1 Å². The van der Waals surface area contributed by atoms with Crippen LogP contribution in [0.15, 0.2) is 66.9 Å². The van der Waals surface area contributed by atoms with E-state index in [0.29, 0.717) is 6.61 Å². The number of carbonyl (C=O) groups is 1. The molecule has 0 unspecified atom stereocenters. The van der Waals surface area contributed by atoms with E-state index in [9.17, 15) is 4.79 Å². The molecule has 1 aromatic heterocycles. The maximum absolute atomic E-state index is 11.4. The van der Waals surface area contributed by atoms with Gasteiger partial charge in [-0.15, -0.1) is 0 Å². The molecule has 2 aromatic carbocycles. The molecule has 4 nitrogen and oxygen atoms in total. The molecule has 4 heteroatoms. The molecular weight excluding hydrogens is 432 g/mol. The van der Waals surface area contributed by atoms with Crippen LogP contribution in [-0.4, -0.2) is 24.1 Å². The first kappa shape index (κ1) is 26.3. The minimum atomic E-state index is -0.302. The zero-order valence-electron chi connectivity index (χ0n) is 21.1. The highest BCUT2D eigenvalue weighted by Crippen LogP contribution is 2.19. The maximum Gasteiger partial charge on any atom is 0.330 e. The molecule has 0 radical (unpaired) electrons. The van der Waals surface area contributed by atoms with Gasteiger partial charge in [-0.3, -0.25) is 0 Å². The standard InChI is InChI=1S/C31H40N2O2/c1-2-35-31(34)23-20-26-18-21-28(22-19-26)32-24-14-10-8-6-4-3-5-7-9-11-15-27-25-33-30-17-13-12-16-29(27)30/h11-13,15-23,25,32-33H,2-10,14,24H2,1H3. The molecule has 0 saturated carbocycles. The Kier molecular flexibility index (Phi) is 11.7. The van der Waals surface area contributed by atoms with Gasteiger partial charge in [-0.1, -0.05) is 81.0 Å². The zero-order chi connectivity index (χ0) is 24.6. The van der Waals surface area contributed by atoms with E-state index in [4.69, 9.17) is 4.74 Å². The molecule has 0 aliphatic rings. The molecule has 0 bridgehead atoms. The summed E-state index contributed by atoms with van der Waals surface area (Å²) >= 11 is 0. The second-order valence-electron chi connectivity index (χ2n) is 8.94. The number of benzene rings is 2. The van der Waals surface area contributed by atoms with E-state index >= 15 is 0 Å². The third-order valence-electron chi connectivity index (χ3n) is 6.15. The number of aromatic nitrogens is 1. The number of allylic oxidation sites excluding steroid dienone is 1. The Bertz CT molecular complexity index is 1060. The van der Waals surface area contributed by atoms with E-state index in [1.807, 2.05) is 12.1 Å². The molecule has 0 aliphatic heterocycles. The fourth-order valence-electron chi connectivity index (χ4n) is 4.19. The number of H-pyrrole nitrogens is 1. The highest BCUT2D eigenvalue weighted by molar-refractivity contribution is 5.88. The lowest BCUT2D eigenvalue weighted by atomic mass is 10.1. The van der Waals surface area contributed by atoms with Crippen LogP contribution in [-0.2, 0) is 9.53 Å². The molecule has 1 heterocycles. The number of esters is 1. The number of fused-ring (bicyclic) bond motifs is 1. The average Bonchev–Trinajstić information content (AvgIpc) is 3.29. The number of aromatic amines is 1. The normalized spacial score (nSPS) is 11.6. The molecule has 0 amide bonds. The number of unbranched alkanes of at least 4 members (excludes halogenated alkanes) is 8. The summed E-state index contributed by atoms with van der Waals surface area (Å²) in [4.78, 5) is 14.7. The van der Waals surface area contributed by atoms with Crippen LogP contribution in [0.4, 0.5) is 5.69 Å². The van der Waals surface area contributed by atoms with Crippen molar-refractivity contribution in [2.75, 3.05) is 18.5 Å². The van der Waals surface area contributed by atoms with Crippen LogP contribution in [0.2, 0.25) is 0 Å². The minimum Gasteiger partial charge on any atom is -0.463 e. The molecule has 0 atom stereocenters. The number of para-hydroxylation sites is 1. The predicted octanol–water partition coefficient (Wildman–Crippen LogP) is 8.38. The van der Waals surface area contributed by atoms with Crippen LogP contribution >= 0.6 is 0 Å². The van der Waals surface area contributed by atoms with Gasteiger partial charge in [0.1, 0.15) is 0 Å². The van der Waals surface area contributed by atoms with Gasteiger partial charge < -0.3 is 15.0 Å². The summed E-state index contributed by atoms with van der Waals surface area (Å²) in [5.41, 5.74) is 4.61. The second-order valence-corrected chi connectivity index (χ2v) is 8.94. The fourth-order valence-corrected chi connectivity index (χ4v) is 4.19. The first-order chi connectivity index (χ1) is 17.3. The van der Waals surface area contributed by atoms with Crippen LogP contribution in [0, 0.1) is 0 Å². The van der Waals surface area contributed by atoms with Crippen LogP contribution in [0.1, 0.15) is 75.8 Å². The van der Waals surface area contributed by atoms with Gasteiger partial charge in [0, 0.05) is 35.4 Å². The van der Waals surface area contributed by atoms with Crippen molar-refractivity contribution in [1.29, 1.82) is 0 Å². The summed E-state index contributed by atoms with van der Waals surface area (Å²) in [6.45, 7) is 3.21. The maximum atomic E-state index is 11.4. The minimum absolute atomic E-state index is 0.302. The van der Waals surface area contributed by atoms with E-state index in [0.717, 1.165) is 24.2 Å². The monoisotopic (exact) mass is 472 g/mol. The summed E-state index contributed by atoms with van der Waals surface area (Å²) in [6, 6.07) is 16.6. The van der Waals surface area contributed by atoms with E-state index < -0.39 is 0 Å². The van der Waals surface area contributed by atoms with Gasteiger partial charge in [0.15, 0.2) is 0 Å². The van der Waals surface area contributed by atoms with Crippen molar-refractivity contribution in [2.45, 2.75) is 64.7 Å². The van der Waals surface area contributed by atoms with Gasteiger partial charge in [0.2, 0.25) is 0 Å². The van der Waals surface area contributed by atoms with E-state index in [1.54, 1.807) is 13.0 Å². The Balaban J connectivity index is 1.15. The Morgan fingerprint density at radius 3 is 2.37 bits per heavy atom.